The van der Waals surface area contributed by atoms with Gasteiger partial charge in [0.15, 0.2) is 0 Å². The Morgan fingerprint density at radius 2 is 1.79 bits per heavy atom. The van der Waals surface area contributed by atoms with Crippen LogP contribution in [0.2, 0.25) is 0 Å². The topological polar surface area (TPSA) is 49.3 Å². The molecule has 5 nitrogen and oxygen atoms in total. The molecule has 0 radical (unpaired) electrons. The Balaban J connectivity index is 1.76. The van der Waals surface area contributed by atoms with Gasteiger partial charge in [-0.3, -0.25) is 4.79 Å². The number of hydrogen-bond donors (Lipinski definition) is 0. The average molecular weight is 330 g/mol. The summed E-state index contributed by atoms with van der Waals surface area (Å²) in [5.41, 5.74) is 1.11. The van der Waals surface area contributed by atoms with Crippen molar-refractivity contribution >= 4 is 11.7 Å². The Morgan fingerprint density at radius 1 is 1.04 bits per heavy atom. The van der Waals surface area contributed by atoms with Crippen molar-refractivity contribution in [1.82, 2.24) is 14.9 Å². The van der Waals surface area contributed by atoms with E-state index in [2.05, 4.69) is 43.6 Å². The summed E-state index contributed by atoms with van der Waals surface area (Å²) in [6, 6.07) is 2.13. The molecule has 1 amide bonds. The van der Waals surface area contributed by atoms with Crippen molar-refractivity contribution in [3.8, 4) is 0 Å². The lowest BCUT2D eigenvalue weighted by atomic mass is 10.1. The molecule has 1 saturated carbocycles. The zero-order chi connectivity index (χ0) is 17.3. The number of carbonyl (C=O) groups is 1. The molecule has 0 aromatic carbocycles. The van der Waals surface area contributed by atoms with E-state index < -0.39 is 0 Å². The van der Waals surface area contributed by atoms with Gasteiger partial charge in [0.05, 0.1) is 0 Å². The van der Waals surface area contributed by atoms with Crippen LogP contribution < -0.4 is 4.90 Å². The SMILES string of the molecule is CC(C)c1cc(N2CCCN(C(=O)C3CC3)CC2)nc(C(C)C)n1. The lowest BCUT2D eigenvalue weighted by molar-refractivity contribution is -0.132. The molecule has 1 saturated heterocycles. The predicted octanol–water partition coefficient (Wildman–Crippen LogP) is 3.17. The zero-order valence-electron chi connectivity index (χ0n) is 15.5. The number of aromatic nitrogens is 2. The van der Waals surface area contributed by atoms with Gasteiger partial charge in [0, 0.05) is 49.8 Å². The van der Waals surface area contributed by atoms with E-state index in [-0.39, 0.29) is 0 Å². The van der Waals surface area contributed by atoms with Gasteiger partial charge in [0.2, 0.25) is 5.91 Å². The molecule has 1 aliphatic carbocycles. The van der Waals surface area contributed by atoms with Gasteiger partial charge >= 0.3 is 0 Å². The second-order valence-corrected chi connectivity index (χ2v) is 7.76. The van der Waals surface area contributed by atoms with Gasteiger partial charge in [-0.2, -0.15) is 0 Å². The van der Waals surface area contributed by atoms with Gasteiger partial charge in [0.25, 0.3) is 0 Å². The Bertz CT molecular complexity index is 569. The largest absolute Gasteiger partial charge is 0.355 e. The summed E-state index contributed by atoms with van der Waals surface area (Å²) in [7, 11) is 0. The summed E-state index contributed by atoms with van der Waals surface area (Å²) in [5.74, 6) is 3.34. The fraction of sp³-hybridized carbons (Fsp3) is 0.737. The first-order chi connectivity index (χ1) is 11.5. The maximum atomic E-state index is 12.3. The lowest BCUT2D eigenvalue weighted by Gasteiger charge is -2.24. The summed E-state index contributed by atoms with van der Waals surface area (Å²) < 4.78 is 0. The molecule has 132 valence electrons. The summed E-state index contributed by atoms with van der Waals surface area (Å²) in [5, 5.41) is 0. The molecule has 1 aromatic heterocycles. The number of rotatable bonds is 4. The highest BCUT2D eigenvalue weighted by Gasteiger charge is 2.34. The van der Waals surface area contributed by atoms with Crippen LogP contribution in [0.25, 0.3) is 0 Å². The quantitative estimate of drug-likeness (QED) is 0.851. The third-order valence-corrected chi connectivity index (χ3v) is 4.92. The van der Waals surface area contributed by atoms with Crippen molar-refractivity contribution in [3.63, 3.8) is 0 Å². The highest BCUT2D eigenvalue weighted by Crippen LogP contribution is 2.31. The van der Waals surface area contributed by atoms with Crippen LogP contribution in [-0.2, 0) is 4.79 Å². The number of carbonyl (C=O) groups excluding carboxylic acids is 1. The van der Waals surface area contributed by atoms with Crippen LogP contribution in [0, 0.1) is 5.92 Å². The first-order valence-corrected chi connectivity index (χ1v) is 9.38. The second kappa shape index (κ2) is 7.08. The maximum absolute atomic E-state index is 12.3. The van der Waals surface area contributed by atoms with Crippen LogP contribution in [0.5, 0.6) is 0 Å². The lowest BCUT2D eigenvalue weighted by Crippen LogP contribution is -2.36. The molecule has 1 aliphatic heterocycles. The molecule has 5 heteroatoms. The fourth-order valence-corrected chi connectivity index (χ4v) is 3.14. The van der Waals surface area contributed by atoms with Gasteiger partial charge in [-0.05, 0) is 25.2 Å². The van der Waals surface area contributed by atoms with E-state index >= 15 is 0 Å². The smallest absolute Gasteiger partial charge is 0.225 e. The minimum absolute atomic E-state index is 0.315. The van der Waals surface area contributed by atoms with E-state index in [4.69, 9.17) is 9.97 Å². The molecule has 0 unspecified atom stereocenters. The number of anilines is 1. The third kappa shape index (κ3) is 3.87. The summed E-state index contributed by atoms with van der Waals surface area (Å²) in [6.07, 6.45) is 3.18. The number of hydrogen-bond acceptors (Lipinski definition) is 4. The van der Waals surface area contributed by atoms with E-state index in [1.807, 2.05) is 0 Å². The highest BCUT2D eigenvalue weighted by molar-refractivity contribution is 5.81. The van der Waals surface area contributed by atoms with Gasteiger partial charge in [-0.25, -0.2) is 9.97 Å². The molecule has 2 heterocycles. The van der Waals surface area contributed by atoms with E-state index in [1.54, 1.807) is 0 Å². The van der Waals surface area contributed by atoms with Crippen molar-refractivity contribution in [2.45, 2.75) is 58.8 Å². The highest BCUT2D eigenvalue weighted by atomic mass is 16.2. The zero-order valence-corrected chi connectivity index (χ0v) is 15.5. The fourth-order valence-electron chi connectivity index (χ4n) is 3.14. The van der Waals surface area contributed by atoms with Crippen molar-refractivity contribution in [2.75, 3.05) is 31.1 Å². The van der Waals surface area contributed by atoms with Crippen LogP contribution in [0.4, 0.5) is 5.82 Å². The summed E-state index contributed by atoms with van der Waals surface area (Å²) >= 11 is 0. The molecule has 0 atom stereocenters. The molecular weight excluding hydrogens is 300 g/mol. The molecule has 1 aromatic rings. The first kappa shape index (κ1) is 17.2. The van der Waals surface area contributed by atoms with Gasteiger partial charge < -0.3 is 9.80 Å². The molecular formula is C19H30N4O. The van der Waals surface area contributed by atoms with Crippen LogP contribution >= 0.6 is 0 Å². The maximum Gasteiger partial charge on any atom is 0.225 e. The van der Waals surface area contributed by atoms with Crippen molar-refractivity contribution < 1.29 is 4.79 Å². The number of amides is 1. The van der Waals surface area contributed by atoms with E-state index in [1.165, 1.54) is 0 Å². The normalized spacial score (nSPS) is 19.1. The van der Waals surface area contributed by atoms with Crippen LogP contribution in [0.3, 0.4) is 0 Å². The predicted molar refractivity (Wildman–Crippen MR) is 96.3 cm³/mol. The van der Waals surface area contributed by atoms with Gasteiger partial charge in [-0.15, -0.1) is 0 Å². The Kier molecular flexibility index (Phi) is 5.07. The second-order valence-electron chi connectivity index (χ2n) is 7.76. The first-order valence-electron chi connectivity index (χ1n) is 9.38. The summed E-state index contributed by atoms with van der Waals surface area (Å²) in [6.45, 7) is 12.1. The van der Waals surface area contributed by atoms with Crippen LogP contribution in [0.15, 0.2) is 6.07 Å². The van der Waals surface area contributed by atoms with Gasteiger partial charge in [-0.1, -0.05) is 27.7 Å². The Labute approximate surface area is 145 Å². The van der Waals surface area contributed by atoms with Crippen LogP contribution in [-0.4, -0.2) is 47.0 Å². The standard InChI is InChI=1S/C19H30N4O/c1-13(2)16-12-17(21-18(20-16)14(3)4)22-8-5-9-23(11-10-22)19(24)15-6-7-15/h12-15H,5-11H2,1-4H3. The minimum Gasteiger partial charge on any atom is -0.355 e. The molecule has 0 N–H and O–H groups in total. The monoisotopic (exact) mass is 330 g/mol. The molecule has 0 bridgehead atoms. The van der Waals surface area contributed by atoms with Crippen molar-refractivity contribution in [1.29, 1.82) is 0 Å². The molecule has 2 aliphatic rings. The van der Waals surface area contributed by atoms with Crippen LogP contribution in [0.1, 0.15) is 70.3 Å². The van der Waals surface area contributed by atoms with Crippen molar-refractivity contribution in [2.24, 2.45) is 5.92 Å². The number of nitrogens with zero attached hydrogens (tertiary/aromatic N) is 4. The van der Waals surface area contributed by atoms with Gasteiger partial charge in [0.1, 0.15) is 11.6 Å². The van der Waals surface area contributed by atoms with E-state index in [0.717, 1.165) is 62.8 Å². The third-order valence-electron chi connectivity index (χ3n) is 4.92. The van der Waals surface area contributed by atoms with E-state index in [9.17, 15) is 4.79 Å². The molecule has 0 spiro atoms. The average Bonchev–Trinajstić information content (AvgIpc) is 3.40. The Morgan fingerprint density at radius 3 is 2.42 bits per heavy atom. The minimum atomic E-state index is 0.315. The van der Waals surface area contributed by atoms with E-state index in [0.29, 0.717) is 23.7 Å². The molecule has 24 heavy (non-hydrogen) atoms. The summed E-state index contributed by atoms with van der Waals surface area (Å²) in [4.78, 5) is 26.3. The molecule has 3 rings (SSSR count). The van der Waals surface area contributed by atoms with Crippen molar-refractivity contribution in [3.05, 3.63) is 17.6 Å². The molecule has 2 fully saturated rings. The Hall–Kier alpha value is -1.65.